The summed E-state index contributed by atoms with van der Waals surface area (Å²) in [6.07, 6.45) is 1.38. The minimum absolute atomic E-state index is 0. The Hall–Kier alpha value is -2.55. The van der Waals surface area contributed by atoms with Crippen molar-refractivity contribution in [2.75, 3.05) is 19.8 Å². The quantitative estimate of drug-likeness (QED) is 0.561. The topological polar surface area (TPSA) is 88.1 Å². The van der Waals surface area contributed by atoms with E-state index in [0.29, 0.717) is 43.9 Å². The van der Waals surface area contributed by atoms with Gasteiger partial charge in [-0.3, -0.25) is 14.8 Å². The third-order valence-electron chi connectivity index (χ3n) is 6.10. The fourth-order valence-electron chi connectivity index (χ4n) is 4.12. The van der Waals surface area contributed by atoms with E-state index in [2.05, 4.69) is 0 Å². The summed E-state index contributed by atoms with van der Waals surface area (Å²) in [5.74, 6) is 0.0330. The number of ether oxygens (including phenoxy) is 2. The summed E-state index contributed by atoms with van der Waals surface area (Å²) in [6, 6.07) is 14.6. The molecular formula is C23H28N2O5S. The van der Waals surface area contributed by atoms with Crippen LogP contribution in [-0.2, 0) is 16.1 Å². The van der Waals surface area contributed by atoms with Gasteiger partial charge in [0.2, 0.25) is 5.91 Å². The molecule has 2 aliphatic heterocycles. The highest BCUT2D eigenvalue weighted by Gasteiger charge is 2.42. The van der Waals surface area contributed by atoms with Crippen LogP contribution in [0.1, 0.15) is 47.3 Å². The number of hydrogen-bond donors (Lipinski definition) is 2. The molecule has 2 amide bonds. The molecule has 0 saturated carbocycles. The third kappa shape index (κ3) is 4.71. The maximum absolute atomic E-state index is 13.8. The van der Waals surface area contributed by atoms with Crippen LogP contribution in [0.3, 0.4) is 0 Å². The first kappa shape index (κ1) is 23.1. The number of carbonyl (C=O) groups is 2. The van der Waals surface area contributed by atoms with Gasteiger partial charge in [-0.15, -0.1) is 0 Å². The van der Waals surface area contributed by atoms with E-state index in [1.54, 1.807) is 23.7 Å². The second-order valence-electron chi connectivity index (χ2n) is 8.11. The molecule has 0 bridgehead atoms. The van der Waals surface area contributed by atoms with E-state index in [1.807, 2.05) is 42.2 Å². The van der Waals surface area contributed by atoms with Crippen molar-refractivity contribution >= 4 is 25.3 Å². The smallest absolute Gasteiger partial charge is 0.274 e. The molecule has 0 aromatic heterocycles. The lowest BCUT2D eigenvalue weighted by Gasteiger charge is -2.39. The highest BCUT2D eigenvalue weighted by atomic mass is 32.1. The second kappa shape index (κ2) is 9.72. The molecule has 0 spiro atoms. The molecule has 2 aromatic rings. The first-order valence-corrected chi connectivity index (χ1v) is 10.2. The minimum Gasteiger partial charge on any atom is -0.491 e. The van der Waals surface area contributed by atoms with Gasteiger partial charge in [-0.25, -0.2) is 5.48 Å². The molecule has 0 unspecified atom stereocenters. The molecule has 0 aliphatic carbocycles. The minimum atomic E-state index is -0.604. The van der Waals surface area contributed by atoms with Gasteiger partial charge in [-0.05, 0) is 30.5 Å². The number of carbonyl (C=O) groups excluding carboxylic acids is 2. The zero-order valence-electron chi connectivity index (χ0n) is 17.5. The molecule has 4 rings (SSSR count). The molecule has 2 N–H and O–H groups in total. The average Bonchev–Trinajstić information content (AvgIpc) is 2.98. The first-order chi connectivity index (χ1) is 14.5. The van der Waals surface area contributed by atoms with Gasteiger partial charge in [-0.2, -0.15) is 13.5 Å². The Bertz CT molecular complexity index is 931. The summed E-state index contributed by atoms with van der Waals surface area (Å²) < 4.78 is 11.6. The fourth-order valence-corrected chi connectivity index (χ4v) is 4.12. The summed E-state index contributed by atoms with van der Waals surface area (Å²) in [6.45, 7) is 3.84. The third-order valence-corrected chi connectivity index (χ3v) is 6.10. The van der Waals surface area contributed by atoms with Gasteiger partial charge in [0.1, 0.15) is 12.4 Å². The summed E-state index contributed by atoms with van der Waals surface area (Å²) in [4.78, 5) is 27.5. The Morgan fingerprint density at radius 2 is 1.84 bits per heavy atom. The molecule has 1 fully saturated rings. The monoisotopic (exact) mass is 444 g/mol. The Morgan fingerprint density at radius 1 is 1.13 bits per heavy atom. The number of hydrogen-bond acceptors (Lipinski definition) is 5. The van der Waals surface area contributed by atoms with Crippen LogP contribution in [0, 0.1) is 5.41 Å². The number of fused-ring (bicyclic) bond motifs is 1. The molecule has 2 heterocycles. The predicted octanol–water partition coefficient (Wildman–Crippen LogP) is 3.20. The van der Waals surface area contributed by atoms with Gasteiger partial charge in [0.15, 0.2) is 0 Å². The predicted molar refractivity (Wildman–Crippen MR) is 119 cm³/mol. The molecule has 7 nitrogen and oxygen atoms in total. The van der Waals surface area contributed by atoms with Crippen LogP contribution in [0.5, 0.6) is 5.75 Å². The molecule has 31 heavy (non-hydrogen) atoms. The van der Waals surface area contributed by atoms with Crippen LogP contribution in [-0.4, -0.2) is 41.7 Å². The summed E-state index contributed by atoms with van der Waals surface area (Å²) in [5, 5.41) is 8.92. The standard InChI is InChI=1S/C23H26N2O5.H2S/c1-23(9-11-29-12-10-23)22(27)25-14-18-8-7-17(21(26)24-28)13-20(18)30-15-19(25)16-5-3-2-4-6-16;/h2-8,13,19,28H,9-12,14-15H2,1H3,(H,24,26);1H2/t19-;/m1./s1. The van der Waals surface area contributed by atoms with Crippen LogP contribution >= 0.6 is 13.5 Å². The fraction of sp³-hybridized carbons (Fsp3) is 0.391. The van der Waals surface area contributed by atoms with E-state index in [9.17, 15) is 9.59 Å². The Kier molecular flexibility index (Phi) is 7.25. The molecule has 1 atom stereocenters. The molecule has 2 aliphatic rings. The molecule has 8 heteroatoms. The van der Waals surface area contributed by atoms with Crippen LogP contribution in [0.15, 0.2) is 48.5 Å². The van der Waals surface area contributed by atoms with E-state index in [-0.39, 0.29) is 32.1 Å². The number of nitrogens with one attached hydrogen (secondary N) is 1. The van der Waals surface area contributed by atoms with Gasteiger partial charge in [0.25, 0.3) is 5.91 Å². The van der Waals surface area contributed by atoms with E-state index in [0.717, 1.165) is 11.1 Å². The molecule has 2 aromatic carbocycles. The van der Waals surface area contributed by atoms with Crippen molar-refractivity contribution < 1.29 is 24.3 Å². The first-order valence-electron chi connectivity index (χ1n) is 10.2. The van der Waals surface area contributed by atoms with E-state index in [4.69, 9.17) is 14.7 Å². The zero-order chi connectivity index (χ0) is 21.1. The lowest BCUT2D eigenvalue weighted by molar-refractivity contribution is -0.150. The van der Waals surface area contributed by atoms with E-state index >= 15 is 0 Å². The normalized spacial score (nSPS) is 19.8. The Labute approximate surface area is 188 Å². The number of amides is 2. The molecule has 0 radical (unpaired) electrons. The van der Waals surface area contributed by atoms with Crippen molar-refractivity contribution in [2.24, 2.45) is 5.41 Å². The van der Waals surface area contributed by atoms with Gasteiger partial charge >= 0.3 is 0 Å². The SMILES string of the molecule is CC1(C(=O)N2Cc3ccc(C(=O)NO)cc3OC[C@@H]2c2ccccc2)CCOCC1.S. The Morgan fingerprint density at radius 3 is 2.52 bits per heavy atom. The van der Waals surface area contributed by atoms with Crippen molar-refractivity contribution in [3.8, 4) is 5.75 Å². The number of hydroxylamine groups is 1. The van der Waals surface area contributed by atoms with Gasteiger partial charge in [0.05, 0.1) is 18.0 Å². The highest BCUT2D eigenvalue weighted by molar-refractivity contribution is 7.59. The largest absolute Gasteiger partial charge is 0.491 e. The zero-order valence-corrected chi connectivity index (χ0v) is 18.5. The summed E-state index contributed by atoms with van der Waals surface area (Å²) >= 11 is 0. The lowest BCUT2D eigenvalue weighted by Crippen LogP contribution is -2.47. The van der Waals surface area contributed by atoms with Crippen molar-refractivity contribution in [1.82, 2.24) is 10.4 Å². The van der Waals surface area contributed by atoms with Crippen LogP contribution in [0.25, 0.3) is 0 Å². The van der Waals surface area contributed by atoms with Crippen molar-refractivity contribution in [3.63, 3.8) is 0 Å². The summed E-state index contributed by atoms with van der Waals surface area (Å²) in [5.41, 5.74) is 3.29. The maximum atomic E-state index is 13.8. The second-order valence-corrected chi connectivity index (χ2v) is 8.11. The van der Waals surface area contributed by atoms with Gasteiger partial charge < -0.3 is 14.4 Å². The maximum Gasteiger partial charge on any atom is 0.274 e. The Balaban J connectivity index is 0.00000272. The molecule has 1 saturated heterocycles. The van der Waals surface area contributed by atoms with Gasteiger partial charge in [0, 0.05) is 24.3 Å². The van der Waals surface area contributed by atoms with Crippen LogP contribution in [0.4, 0.5) is 0 Å². The number of rotatable bonds is 3. The highest BCUT2D eigenvalue weighted by Crippen LogP contribution is 2.39. The lowest BCUT2D eigenvalue weighted by atomic mass is 9.80. The average molecular weight is 445 g/mol. The van der Waals surface area contributed by atoms with Gasteiger partial charge in [-0.1, -0.05) is 43.3 Å². The van der Waals surface area contributed by atoms with Crippen LogP contribution < -0.4 is 10.2 Å². The van der Waals surface area contributed by atoms with E-state index < -0.39 is 11.3 Å². The molecular weight excluding hydrogens is 416 g/mol. The van der Waals surface area contributed by atoms with Crippen molar-refractivity contribution in [1.29, 1.82) is 0 Å². The molecule has 166 valence electrons. The van der Waals surface area contributed by atoms with Crippen molar-refractivity contribution in [3.05, 3.63) is 65.2 Å². The van der Waals surface area contributed by atoms with Crippen molar-refractivity contribution in [2.45, 2.75) is 32.4 Å². The number of benzene rings is 2. The van der Waals surface area contributed by atoms with E-state index in [1.165, 1.54) is 0 Å². The van der Waals surface area contributed by atoms with Crippen LogP contribution in [0.2, 0.25) is 0 Å². The number of nitrogens with zero attached hydrogens (tertiary/aromatic N) is 1. The summed E-state index contributed by atoms with van der Waals surface area (Å²) in [7, 11) is 0.